The van der Waals surface area contributed by atoms with Crippen molar-refractivity contribution in [2.45, 2.75) is 32.9 Å². The highest BCUT2D eigenvalue weighted by Gasteiger charge is 2.20. The second kappa shape index (κ2) is 5.15. The predicted octanol–water partition coefficient (Wildman–Crippen LogP) is 2.95. The molecule has 0 aromatic heterocycles. The summed E-state index contributed by atoms with van der Waals surface area (Å²) < 4.78 is 0. The van der Waals surface area contributed by atoms with Crippen LogP contribution in [-0.2, 0) is 6.54 Å². The van der Waals surface area contributed by atoms with E-state index >= 15 is 0 Å². The fourth-order valence-corrected chi connectivity index (χ4v) is 2.19. The summed E-state index contributed by atoms with van der Waals surface area (Å²) in [5.74, 6) is 0.741. The standard InChI is InChI=1S/C14H20N2/c1-12(2)8-14-9-15-11-16(14)10-13-6-4-3-5-7-13/h3-7,11-12,14H,8-10H2,1-2H3. The zero-order valence-corrected chi connectivity index (χ0v) is 10.1. The maximum atomic E-state index is 4.40. The summed E-state index contributed by atoms with van der Waals surface area (Å²) in [5, 5.41) is 0. The summed E-state index contributed by atoms with van der Waals surface area (Å²) in [4.78, 5) is 6.77. The Morgan fingerprint density at radius 2 is 2.06 bits per heavy atom. The van der Waals surface area contributed by atoms with Crippen molar-refractivity contribution in [2.24, 2.45) is 10.9 Å². The number of benzene rings is 1. The van der Waals surface area contributed by atoms with Crippen molar-refractivity contribution >= 4 is 6.34 Å². The lowest BCUT2D eigenvalue weighted by atomic mass is 10.0. The second-order valence-electron chi connectivity index (χ2n) is 4.92. The Balaban J connectivity index is 1.96. The summed E-state index contributed by atoms with van der Waals surface area (Å²) >= 11 is 0. The Bertz CT molecular complexity index is 343. The smallest absolute Gasteiger partial charge is 0.0856 e. The lowest BCUT2D eigenvalue weighted by molar-refractivity contribution is 0.298. The molecule has 2 nitrogen and oxygen atoms in total. The Morgan fingerprint density at radius 3 is 2.75 bits per heavy atom. The fourth-order valence-electron chi connectivity index (χ4n) is 2.19. The van der Waals surface area contributed by atoms with E-state index in [1.807, 2.05) is 6.34 Å². The van der Waals surface area contributed by atoms with Crippen LogP contribution in [-0.4, -0.2) is 23.8 Å². The summed E-state index contributed by atoms with van der Waals surface area (Å²) in [6.07, 6.45) is 3.24. The van der Waals surface area contributed by atoms with Gasteiger partial charge < -0.3 is 4.90 Å². The van der Waals surface area contributed by atoms with E-state index in [1.54, 1.807) is 0 Å². The summed E-state index contributed by atoms with van der Waals surface area (Å²) in [6.45, 7) is 6.50. The molecule has 0 aliphatic carbocycles. The second-order valence-corrected chi connectivity index (χ2v) is 4.92. The van der Waals surface area contributed by atoms with Gasteiger partial charge in [0.05, 0.1) is 18.9 Å². The maximum absolute atomic E-state index is 4.40. The molecular weight excluding hydrogens is 196 g/mol. The van der Waals surface area contributed by atoms with Crippen molar-refractivity contribution in [1.29, 1.82) is 0 Å². The molecule has 1 unspecified atom stereocenters. The van der Waals surface area contributed by atoms with E-state index in [9.17, 15) is 0 Å². The number of rotatable bonds is 4. The van der Waals surface area contributed by atoms with Gasteiger partial charge >= 0.3 is 0 Å². The van der Waals surface area contributed by atoms with Crippen LogP contribution in [0.3, 0.4) is 0 Å². The minimum atomic E-state index is 0.597. The van der Waals surface area contributed by atoms with Gasteiger partial charge in [-0.1, -0.05) is 44.2 Å². The molecule has 0 spiro atoms. The van der Waals surface area contributed by atoms with Crippen molar-refractivity contribution < 1.29 is 0 Å². The molecule has 1 aromatic rings. The molecule has 0 bridgehead atoms. The van der Waals surface area contributed by atoms with Gasteiger partial charge in [-0.05, 0) is 17.9 Å². The van der Waals surface area contributed by atoms with Gasteiger partial charge in [0.15, 0.2) is 0 Å². The molecule has 0 fully saturated rings. The largest absolute Gasteiger partial charge is 0.354 e. The molecule has 0 amide bonds. The van der Waals surface area contributed by atoms with Crippen molar-refractivity contribution in [1.82, 2.24) is 4.90 Å². The molecule has 1 aliphatic heterocycles. The van der Waals surface area contributed by atoms with Crippen LogP contribution in [0.15, 0.2) is 35.3 Å². The zero-order chi connectivity index (χ0) is 11.4. The molecular formula is C14H20N2. The van der Waals surface area contributed by atoms with Gasteiger partial charge in [0.25, 0.3) is 0 Å². The molecule has 0 saturated heterocycles. The van der Waals surface area contributed by atoms with E-state index in [0.717, 1.165) is 19.0 Å². The predicted molar refractivity (Wildman–Crippen MR) is 68.6 cm³/mol. The molecule has 1 atom stereocenters. The average molecular weight is 216 g/mol. The maximum Gasteiger partial charge on any atom is 0.0856 e. The molecule has 2 heteroatoms. The van der Waals surface area contributed by atoms with Crippen molar-refractivity contribution in [2.75, 3.05) is 6.54 Å². The molecule has 1 aromatic carbocycles. The Morgan fingerprint density at radius 1 is 1.31 bits per heavy atom. The first-order valence-corrected chi connectivity index (χ1v) is 6.05. The molecule has 1 heterocycles. The van der Waals surface area contributed by atoms with Gasteiger partial charge in [0.1, 0.15) is 0 Å². The normalized spacial score (nSPS) is 19.7. The first kappa shape index (κ1) is 11.2. The minimum absolute atomic E-state index is 0.597. The van der Waals surface area contributed by atoms with Crippen LogP contribution in [0.25, 0.3) is 0 Å². The highest BCUT2D eigenvalue weighted by molar-refractivity contribution is 5.58. The monoisotopic (exact) mass is 216 g/mol. The van der Waals surface area contributed by atoms with Crippen LogP contribution in [0.4, 0.5) is 0 Å². The lowest BCUT2D eigenvalue weighted by Gasteiger charge is -2.25. The molecule has 0 saturated carbocycles. The van der Waals surface area contributed by atoms with Gasteiger partial charge in [0.2, 0.25) is 0 Å². The minimum Gasteiger partial charge on any atom is -0.354 e. The van der Waals surface area contributed by atoms with Crippen molar-refractivity contribution in [3.63, 3.8) is 0 Å². The topological polar surface area (TPSA) is 15.6 Å². The van der Waals surface area contributed by atoms with Crippen molar-refractivity contribution in [3.8, 4) is 0 Å². The van der Waals surface area contributed by atoms with E-state index in [2.05, 4.69) is 54.1 Å². The van der Waals surface area contributed by atoms with Gasteiger partial charge in [-0.2, -0.15) is 0 Å². The molecule has 0 radical (unpaired) electrons. The quantitative estimate of drug-likeness (QED) is 0.755. The van der Waals surface area contributed by atoms with E-state index in [0.29, 0.717) is 6.04 Å². The third kappa shape index (κ3) is 2.84. The number of nitrogens with zero attached hydrogens (tertiary/aromatic N) is 2. The highest BCUT2D eigenvalue weighted by Crippen LogP contribution is 2.17. The lowest BCUT2D eigenvalue weighted by Crippen LogP contribution is -2.32. The summed E-state index contributed by atoms with van der Waals surface area (Å²) in [5.41, 5.74) is 1.37. The molecule has 86 valence electrons. The van der Waals surface area contributed by atoms with Gasteiger partial charge in [-0.25, -0.2) is 0 Å². The summed E-state index contributed by atoms with van der Waals surface area (Å²) in [6, 6.07) is 11.2. The highest BCUT2D eigenvalue weighted by atomic mass is 15.2. The third-order valence-corrected chi connectivity index (χ3v) is 2.97. The fraction of sp³-hybridized carbons (Fsp3) is 0.500. The van der Waals surface area contributed by atoms with E-state index < -0.39 is 0 Å². The third-order valence-electron chi connectivity index (χ3n) is 2.97. The van der Waals surface area contributed by atoms with Crippen LogP contribution in [0.2, 0.25) is 0 Å². The van der Waals surface area contributed by atoms with Gasteiger partial charge in [-0.15, -0.1) is 0 Å². The van der Waals surface area contributed by atoms with E-state index in [1.165, 1.54) is 12.0 Å². The molecule has 0 N–H and O–H groups in total. The molecule has 1 aliphatic rings. The molecule has 2 rings (SSSR count). The van der Waals surface area contributed by atoms with Gasteiger partial charge in [-0.3, -0.25) is 4.99 Å². The number of hydrogen-bond acceptors (Lipinski definition) is 2. The SMILES string of the molecule is CC(C)CC1CN=CN1Cc1ccccc1. The first-order valence-electron chi connectivity index (χ1n) is 6.05. The molecule has 16 heavy (non-hydrogen) atoms. The number of aliphatic imine (C=N–C) groups is 1. The van der Waals surface area contributed by atoms with E-state index in [-0.39, 0.29) is 0 Å². The van der Waals surface area contributed by atoms with Crippen LogP contribution in [0, 0.1) is 5.92 Å². The van der Waals surface area contributed by atoms with Crippen LogP contribution in [0.1, 0.15) is 25.8 Å². The van der Waals surface area contributed by atoms with Crippen LogP contribution < -0.4 is 0 Å². The first-order chi connectivity index (χ1) is 7.75. The summed E-state index contributed by atoms with van der Waals surface area (Å²) in [7, 11) is 0. The zero-order valence-electron chi connectivity index (χ0n) is 10.1. The Labute approximate surface area is 98.0 Å². The Kier molecular flexibility index (Phi) is 3.60. The van der Waals surface area contributed by atoms with Crippen LogP contribution >= 0.6 is 0 Å². The Hall–Kier alpha value is -1.31. The number of hydrogen-bond donors (Lipinski definition) is 0. The average Bonchev–Trinajstić information content (AvgIpc) is 2.66. The van der Waals surface area contributed by atoms with Gasteiger partial charge in [0, 0.05) is 6.54 Å². The van der Waals surface area contributed by atoms with Crippen molar-refractivity contribution in [3.05, 3.63) is 35.9 Å². The van der Waals surface area contributed by atoms with E-state index in [4.69, 9.17) is 0 Å². The van der Waals surface area contributed by atoms with Crippen LogP contribution in [0.5, 0.6) is 0 Å².